The summed E-state index contributed by atoms with van der Waals surface area (Å²) in [6, 6.07) is 3.01. The molecule has 0 bridgehead atoms. The molecule has 1 aromatic rings. The van der Waals surface area contributed by atoms with E-state index in [4.69, 9.17) is 5.73 Å². The van der Waals surface area contributed by atoms with Gasteiger partial charge in [-0.25, -0.2) is 8.42 Å². The molecule has 0 aliphatic carbocycles. The first-order chi connectivity index (χ1) is 6.55. The molecule has 0 radical (unpaired) electrons. The van der Waals surface area contributed by atoms with Crippen molar-refractivity contribution >= 4 is 9.84 Å². The Hall–Kier alpha value is -0.940. The lowest BCUT2D eigenvalue weighted by molar-refractivity contribution is 0.590. The van der Waals surface area contributed by atoms with Crippen molar-refractivity contribution in [3.05, 3.63) is 30.1 Å². The van der Waals surface area contributed by atoms with Gasteiger partial charge in [0.15, 0.2) is 9.84 Å². The molecule has 0 spiro atoms. The van der Waals surface area contributed by atoms with Crippen LogP contribution in [0.25, 0.3) is 0 Å². The zero-order chi connectivity index (χ0) is 10.6. The van der Waals surface area contributed by atoms with Gasteiger partial charge in [-0.2, -0.15) is 0 Å². The summed E-state index contributed by atoms with van der Waals surface area (Å²) in [7, 11) is -3.01. The smallest absolute Gasteiger partial charge is 0.151 e. The third-order valence-corrected chi connectivity index (χ3v) is 3.75. The molecule has 1 heterocycles. The molecule has 0 aliphatic heterocycles. The maximum Gasteiger partial charge on any atom is 0.151 e. The van der Waals surface area contributed by atoms with Crippen LogP contribution in [-0.4, -0.2) is 24.9 Å². The van der Waals surface area contributed by atoms with Gasteiger partial charge in [0.2, 0.25) is 0 Å². The molecule has 0 aromatic carbocycles. The predicted octanol–water partition coefficient (Wildman–Crippen LogP) is 0.516. The highest BCUT2D eigenvalue weighted by molar-refractivity contribution is 7.91. The zero-order valence-electron chi connectivity index (χ0n) is 8.05. The van der Waals surface area contributed by atoms with Crippen molar-refractivity contribution in [3.63, 3.8) is 0 Å². The SMILES string of the molecule is CCS(=O)(=O)CC(N)c1ccncc1. The lowest BCUT2D eigenvalue weighted by Gasteiger charge is -2.10. The molecule has 0 saturated carbocycles. The first-order valence-corrected chi connectivity index (χ1v) is 6.23. The molecule has 1 aromatic heterocycles. The summed E-state index contributed by atoms with van der Waals surface area (Å²) in [6.45, 7) is 1.62. The minimum Gasteiger partial charge on any atom is -0.323 e. The van der Waals surface area contributed by atoms with Crippen molar-refractivity contribution in [1.29, 1.82) is 0 Å². The predicted molar refractivity (Wildman–Crippen MR) is 55.5 cm³/mol. The molecular weight excluding hydrogens is 200 g/mol. The Kier molecular flexibility index (Phi) is 3.60. The van der Waals surface area contributed by atoms with E-state index in [-0.39, 0.29) is 11.5 Å². The molecule has 1 rings (SSSR count). The van der Waals surface area contributed by atoms with Gasteiger partial charge in [-0.3, -0.25) is 4.98 Å². The van der Waals surface area contributed by atoms with Crippen molar-refractivity contribution in [3.8, 4) is 0 Å². The Morgan fingerprint density at radius 1 is 1.43 bits per heavy atom. The first kappa shape index (κ1) is 11.1. The third kappa shape index (κ3) is 3.08. The van der Waals surface area contributed by atoms with Gasteiger partial charge in [0.25, 0.3) is 0 Å². The molecule has 1 atom stereocenters. The summed E-state index contributed by atoms with van der Waals surface area (Å²) >= 11 is 0. The van der Waals surface area contributed by atoms with Gasteiger partial charge in [0.05, 0.1) is 5.75 Å². The van der Waals surface area contributed by atoms with Crippen molar-refractivity contribution in [2.45, 2.75) is 13.0 Å². The second-order valence-corrected chi connectivity index (χ2v) is 5.48. The van der Waals surface area contributed by atoms with E-state index in [0.29, 0.717) is 0 Å². The zero-order valence-corrected chi connectivity index (χ0v) is 8.87. The van der Waals surface area contributed by atoms with Crippen LogP contribution in [0.15, 0.2) is 24.5 Å². The van der Waals surface area contributed by atoms with Gasteiger partial charge in [-0.1, -0.05) is 6.92 Å². The van der Waals surface area contributed by atoms with E-state index in [1.165, 1.54) is 0 Å². The first-order valence-electron chi connectivity index (χ1n) is 4.41. The Morgan fingerprint density at radius 2 is 2.00 bits per heavy atom. The second kappa shape index (κ2) is 4.52. The van der Waals surface area contributed by atoms with Crippen LogP contribution in [0, 0.1) is 0 Å². The number of rotatable bonds is 4. The van der Waals surface area contributed by atoms with Crippen molar-refractivity contribution in [2.75, 3.05) is 11.5 Å². The van der Waals surface area contributed by atoms with Gasteiger partial charge >= 0.3 is 0 Å². The average molecular weight is 214 g/mol. The molecular formula is C9H14N2O2S. The standard InChI is InChI=1S/C9H14N2O2S/c1-2-14(12,13)7-9(10)8-3-5-11-6-4-8/h3-6,9H,2,7,10H2,1H3. The Bertz CT molecular complexity index is 375. The van der Waals surface area contributed by atoms with E-state index in [1.807, 2.05) is 0 Å². The van der Waals surface area contributed by atoms with Crippen LogP contribution in [0.4, 0.5) is 0 Å². The van der Waals surface area contributed by atoms with Crippen LogP contribution in [0.3, 0.4) is 0 Å². The second-order valence-electron chi connectivity index (χ2n) is 3.09. The minimum atomic E-state index is -3.01. The molecule has 5 heteroatoms. The van der Waals surface area contributed by atoms with E-state index in [2.05, 4.69) is 4.98 Å². The Morgan fingerprint density at radius 3 is 2.50 bits per heavy atom. The summed E-state index contributed by atoms with van der Waals surface area (Å²) in [5, 5.41) is 0. The summed E-state index contributed by atoms with van der Waals surface area (Å²) in [5.41, 5.74) is 6.55. The van der Waals surface area contributed by atoms with E-state index >= 15 is 0 Å². The van der Waals surface area contributed by atoms with Gasteiger partial charge < -0.3 is 5.73 Å². The summed E-state index contributed by atoms with van der Waals surface area (Å²) < 4.78 is 22.6. The lowest BCUT2D eigenvalue weighted by atomic mass is 10.1. The summed E-state index contributed by atoms with van der Waals surface area (Å²) in [6.07, 6.45) is 3.21. The summed E-state index contributed by atoms with van der Waals surface area (Å²) in [4.78, 5) is 3.84. The fraction of sp³-hybridized carbons (Fsp3) is 0.444. The quantitative estimate of drug-likeness (QED) is 0.792. The lowest BCUT2D eigenvalue weighted by Crippen LogP contribution is -2.22. The fourth-order valence-corrected chi connectivity index (χ4v) is 2.07. The maximum absolute atomic E-state index is 11.3. The number of nitrogens with two attached hydrogens (primary N) is 1. The van der Waals surface area contributed by atoms with Crippen molar-refractivity contribution < 1.29 is 8.42 Å². The number of sulfone groups is 1. The normalized spacial score (nSPS) is 13.9. The van der Waals surface area contributed by atoms with Crippen LogP contribution in [0.1, 0.15) is 18.5 Å². The van der Waals surface area contributed by atoms with Crippen LogP contribution in [0.2, 0.25) is 0 Å². The molecule has 4 nitrogen and oxygen atoms in total. The van der Waals surface area contributed by atoms with E-state index < -0.39 is 15.9 Å². The average Bonchev–Trinajstić information content (AvgIpc) is 2.19. The Balaban J connectivity index is 2.74. The molecule has 0 fully saturated rings. The highest BCUT2D eigenvalue weighted by atomic mass is 32.2. The molecule has 1 unspecified atom stereocenters. The molecule has 0 aliphatic rings. The highest BCUT2D eigenvalue weighted by Crippen LogP contribution is 2.11. The van der Waals surface area contributed by atoms with Crippen molar-refractivity contribution in [2.24, 2.45) is 5.73 Å². The van der Waals surface area contributed by atoms with E-state index in [0.717, 1.165) is 5.56 Å². The molecule has 14 heavy (non-hydrogen) atoms. The van der Waals surface area contributed by atoms with Gasteiger partial charge in [0, 0.05) is 24.2 Å². The number of nitrogens with zero attached hydrogens (tertiary/aromatic N) is 1. The topological polar surface area (TPSA) is 73.0 Å². The van der Waals surface area contributed by atoms with Crippen LogP contribution >= 0.6 is 0 Å². The molecule has 0 saturated heterocycles. The Labute approximate surface area is 84.1 Å². The molecule has 0 amide bonds. The van der Waals surface area contributed by atoms with Crippen molar-refractivity contribution in [1.82, 2.24) is 4.98 Å². The summed E-state index contributed by atoms with van der Waals surface area (Å²) in [5.74, 6) is 0.124. The maximum atomic E-state index is 11.3. The molecule has 78 valence electrons. The largest absolute Gasteiger partial charge is 0.323 e. The van der Waals surface area contributed by atoms with Crippen LogP contribution in [-0.2, 0) is 9.84 Å². The minimum absolute atomic E-state index is 0.00644. The monoisotopic (exact) mass is 214 g/mol. The number of hydrogen-bond donors (Lipinski definition) is 1. The van der Waals surface area contributed by atoms with Gasteiger partial charge in [0.1, 0.15) is 0 Å². The van der Waals surface area contributed by atoms with E-state index in [1.54, 1.807) is 31.5 Å². The van der Waals surface area contributed by atoms with Gasteiger partial charge in [-0.05, 0) is 17.7 Å². The fourth-order valence-electron chi connectivity index (χ4n) is 1.10. The van der Waals surface area contributed by atoms with Crippen LogP contribution in [0.5, 0.6) is 0 Å². The van der Waals surface area contributed by atoms with Gasteiger partial charge in [-0.15, -0.1) is 0 Å². The number of hydrogen-bond acceptors (Lipinski definition) is 4. The van der Waals surface area contributed by atoms with Crippen LogP contribution < -0.4 is 5.73 Å². The number of pyridine rings is 1. The number of aromatic nitrogens is 1. The molecule has 2 N–H and O–H groups in total. The highest BCUT2D eigenvalue weighted by Gasteiger charge is 2.15. The van der Waals surface area contributed by atoms with E-state index in [9.17, 15) is 8.42 Å². The third-order valence-electron chi connectivity index (χ3n) is 2.01.